The van der Waals surface area contributed by atoms with Gasteiger partial charge in [0.1, 0.15) is 0 Å². The number of nitrogen functional groups attached to an aromatic ring is 1. The summed E-state index contributed by atoms with van der Waals surface area (Å²) in [4.78, 5) is 10.9. The third-order valence-electron chi connectivity index (χ3n) is 2.27. The van der Waals surface area contributed by atoms with E-state index in [1.807, 2.05) is 11.8 Å². The van der Waals surface area contributed by atoms with E-state index in [9.17, 15) is 4.79 Å². The number of primary amides is 1. The van der Waals surface area contributed by atoms with Crippen molar-refractivity contribution < 1.29 is 4.79 Å². The second-order valence-electron chi connectivity index (χ2n) is 3.29. The molecular formula is C8H12N4OS. The molecule has 4 N–H and O–H groups in total. The molecule has 1 aliphatic rings. The maximum Gasteiger partial charge on any atom is 0.271 e. The van der Waals surface area contributed by atoms with Crippen LogP contribution in [0, 0.1) is 0 Å². The summed E-state index contributed by atoms with van der Waals surface area (Å²) in [5.41, 5.74) is 11.3. The lowest BCUT2D eigenvalue weighted by atomic mass is 10.3. The van der Waals surface area contributed by atoms with Crippen molar-refractivity contribution in [3.05, 3.63) is 11.9 Å². The maximum atomic E-state index is 10.9. The fourth-order valence-electron chi connectivity index (χ4n) is 1.52. The molecule has 1 fully saturated rings. The van der Waals surface area contributed by atoms with Crippen molar-refractivity contribution in [2.75, 3.05) is 17.2 Å². The molecule has 0 saturated carbocycles. The molecule has 0 radical (unpaired) electrons. The third kappa shape index (κ3) is 1.57. The lowest BCUT2D eigenvalue weighted by molar-refractivity contribution is 0.0995. The van der Waals surface area contributed by atoms with Crippen LogP contribution < -0.4 is 11.5 Å². The fraction of sp³-hybridized carbons (Fsp3) is 0.500. The van der Waals surface area contributed by atoms with Crippen molar-refractivity contribution >= 4 is 23.4 Å². The summed E-state index contributed by atoms with van der Waals surface area (Å²) >= 11 is 1.88. The van der Waals surface area contributed by atoms with Gasteiger partial charge in [-0.2, -0.15) is 16.9 Å². The topological polar surface area (TPSA) is 86.9 Å². The van der Waals surface area contributed by atoms with Crippen LogP contribution in [0.25, 0.3) is 0 Å². The highest BCUT2D eigenvalue weighted by molar-refractivity contribution is 7.99. The fourth-order valence-corrected chi connectivity index (χ4v) is 2.71. The van der Waals surface area contributed by atoms with Crippen LogP contribution in [0.2, 0.25) is 0 Å². The Labute approximate surface area is 85.8 Å². The van der Waals surface area contributed by atoms with Gasteiger partial charge in [-0.3, -0.25) is 9.48 Å². The quantitative estimate of drug-likeness (QED) is 0.735. The van der Waals surface area contributed by atoms with E-state index >= 15 is 0 Å². The number of nitrogens with two attached hydrogens (primary N) is 2. The molecule has 76 valence electrons. The van der Waals surface area contributed by atoms with Crippen molar-refractivity contribution in [1.82, 2.24) is 9.78 Å². The first-order chi connectivity index (χ1) is 6.68. The molecule has 1 atom stereocenters. The smallest absolute Gasteiger partial charge is 0.271 e. The number of hydrogen-bond acceptors (Lipinski definition) is 4. The minimum Gasteiger partial charge on any atom is -0.396 e. The Morgan fingerprint density at radius 2 is 2.50 bits per heavy atom. The molecule has 5 nitrogen and oxygen atoms in total. The van der Waals surface area contributed by atoms with Crippen LogP contribution in [-0.4, -0.2) is 27.2 Å². The predicted molar refractivity (Wildman–Crippen MR) is 56.1 cm³/mol. The molecule has 1 aromatic heterocycles. The molecule has 0 aromatic carbocycles. The first-order valence-corrected chi connectivity index (χ1v) is 5.56. The number of carbonyl (C=O) groups is 1. The molecule has 0 spiro atoms. The molecule has 0 bridgehead atoms. The number of carbonyl (C=O) groups excluding carboxylic acids is 1. The Morgan fingerprint density at radius 3 is 3.00 bits per heavy atom. The van der Waals surface area contributed by atoms with E-state index < -0.39 is 5.91 Å². The number of thioether (sulfide) groups is 1. The molecule has 6 heteroatoms. The molecule has 1 saturated heterocycles. The Kier molecular flexibility index (Phi) is 2.37. The predicted octanol–water partition coefficient (Wildman–Crippen LogP) is 0.242. The Balaban J connectivity index is 2.27. The molecule has 14 heavy (non-hydrogen) atoms. The van der Waals surface area contributed by atoms with Crippen molar-refractivity contribution in [2.45, 2.75) is 12.5 Å². The lowest BCUT2D eigenvalue weighted by Crippen LogP contribution is -2.15. The summed E-state index contributed by atoms with van der Waals surface area (Å²) in [7, 11) is 0. The number of amides is 1. The highest BCUT2D eigenvalue weighted by atomic mass is 32.2. The van der Waals surface area contributed by atoms with Crippen molar-refractivity contribution in [1.29, 1.82) is 0 Å². The molecule has 2 heterocycles. The molecule has 1 aliphatic heterocycles. The van der Waals surface area contributed by atoms with Crippen molar-refractivity contribution in [2.24, 2.45) is 5.73 Å². The van der Waals surface area contributed by atoms with Gasteiger partial charge in [0.25, 0.3) is 5.91 Å². The Morgan fingerprint density at radius 1 is 1.71 bits per heavy atom. The molecule has 0 aliphatic carbocycles. The average molecular weight is 212 g/mol. The van der Waals surface area contributed by atoms with Gasteiger partial charge in [-0.1, -0.05) is 0 Å². The number of aromatic nitrogens is 2. The Bertz CT molecular complexity index is 356. The third-order valence-corrected chi connectivity index (χ3v) is 3.42. The second kappa shape index (κ2) is 3.53. The van der Waals surface area contributed by atoms with E-state index in [1.54, 1.807) is 10.9 Å². The van der Waals surface area contributed by atoms with Crippen molar-refractivity contribution in [3.63, 3.8) is 0 Å². The number of nitrogens with zero attached hydrogens (tertiary/aromatic N) is 2. The van der Waals surface area contributed by atoms with Crippen LogP contribution in [0.4, 0.5) is 5.69 Å². The highest BCUT2D eigenvalue weighted by Crippen LogP contribution is 2.28. The zero-order valence-electron chi connectivity index (χ0n) is 7.64. The van der Waals surface area contributed by atoms with Crippen LogP contribution >= 0.6 is 11.8 Å². The van der Waals surface area contributed by atoms with Gasteiger partial charge in [-0.05, 0) is 12.2 Å². The molecule has 1 aromatic rings. The number of hydrogen-bond donors (Lipinski definition) is 2. The minimum absolute atomic E-state index is 0.182. The zero-order chi connectivity index (χ0) is 10.1. The maximum absolute atomic E-state index is 10.9. The summed E-state index contributed by atoms with van der Waals surface area (Å²) in [5.74, 6) is 1.60. The van der Waals surface area contributed by atoms with Crippen LogP contribution in [0.15, 0.2) is 6.20 Å². The first-order valence-electron chi connectivity index (χ1n) is 4.40. The zero-order valence-corrected chi connectivity index (χ0v) is 8.46. The first kappa shape index (κ1) is 9.39. The minimum atomic E-state index is -0.563. The Hall–Kier alpha value is -1.17. The standard InChI is InChI=1S/C8H12N4OS/c9-6-3-12(5-1-2-14-4-5)11-7(6)8(10)13/h3,5H,1-2,4,9H2,(H2,10,13). The van der Waals surface area contributed by atoms with E-state index in [1.165, 1.54) is 0 Å². The molecule has 2 rings (SSSR count). The largest absolute Gasteiger partial charge is 0.396 e. The SMILES string of the molecule is NC(=O)c1nn(C2CCSC2)cc1N. The van der Waals surface area contributed by atoms with Gasteiger partial charge in [0.15, 0.2) is 5.69 Å². The van der Waals surface area contributed by atoms with Crippen LogP contribution in [-0.2, 0) is 0 Å². The van der Waals surface area contributed by atoms with Gasteiger partial charge in [-0.25, -0.2) is 0 Å². The summed E-state index contributed by atoms with van der Waals surface area (Å²) in [6.45, 7) is 0. The van der Waals surface area contributed by atoms with E-state index in [4.69, 9.17) is 11.5 Å². The van der Waals surface area contributed by atoms with Gasteiger partial charge >= 0.3 is 0 Å². The summed E-state index contributed by atoms with van der Waals surface area (Å²) in [5, 5.41) is 4.10. The number of anilines is 1. The summed E-state index contributed by atoms with van der Waals surface area (Å²) in [6.07, 6.45) is 2.76. The summed E-state index contributed by atoms with van der Waals surface area (Å²) < 4.78 is 1.76. The summed E-state index contributed by atoms with van der Waals surface area (Å²) in [6, 6.07) is 0.357. The van der Waals surface area contributed by atoms with Crippen molar-refractivity contribution in [3.8, 4) is 0 Å². The molecular weight excluding hydrogens is 200 g/mol. The van der Waals surface area contributed by atoms with Gasteiger partial charge in [0.2, 0.25) is 0 Å². The van der Waals surface area contributed by atoms with Gasteiger partial charge in [0.05, 0.1) is 11.7 Å². The number of rotatable bonds is 2. The average Bonchev–Trinajstić information content (AvgIpc) is 2.70. The van der Waals surface area contributed by atoms with E-state index in [0.717, 1.165) is 17.9 Å². The normalized spacial score (nSPS) is 21.3. The van der Waals surface area contributed by atoms with Gasteiger partial charge < -0.3 is 11.5 Å². The lowest BCUT2D eigenvalue weighted by Gasteiger charge is -2.07. The molecule has 1 unspecified atom stereocenters. The second-order valence-corrected chi connectivity index (χ2v) is 4.44. The van der Waals surface area contributed by atoms with Gasteiger partial charge in [0, 0.05) is 11.9 Å². The van der Waals surface area contributed by atoms with Gasteiger partial charge in [-0.15, -0.1) is 0 Å². The van der Waals surface area contributed by atoms with Crippen LogP contribution in [0.1, 0.15) is 23.0 Å². The van der Waals surface area contributed by atoms with Crippen LogP contribution in [0.3, 0.4) is 0 Å². The van der Waals surface area contributed by atoms with E-state index in [0.29, 0.717) is 11.7 Å². The molecule has 1 amide bonds. The van der Waals surface area contributed by atoms with Crippen LogP contribution in [0.5, 0.6) is 0 Å². The van der Waals surface area contributed by atoms with E-state index in [-0.39, 0.29) is 5.69 Å². The van der Waals surface area contributed by atoms with E-state index in [2.05, 4.69) is 5.10 Å². The monoisotopic (exact) mass is 212 g/mol. The highest BCUT2D eigenvalue weighted by Gasteiger charge is 2.20.